The molecule has 0 N–H and O–H groups in total. The van der Waals surface area contributed by atoms with Crippen molar-refractivity contribution in [2.24, 2.45) is 0 Å². The van der Waals surface area contributed by atoms with Gasteiger partial charge in [-0.25, -0.2) is 4.98 Å². The van der Waals surface area contributed by atoms with E-state index in [-0.39, 0.29) is 26.5 Å². The Bertz CT molecular complexity index is 3970. The van der Waals surface area contributed by atoms with Crippen molar-refractivity contribution in [1.82, 2.24) is 9.38 Å². The minimum atomic E-state index is -0.0749. The van der Waals surface area contributed by atoms with Crippen molar-refractivity contribution in [3.63, 3.8) is 0 Å². The Kier molecular flexibility index (Phi) is 10.6. The fourth-order valence-corrected chi connectivity index (χ4v) is 10.4. The van der Waals surface area contributed by atoms with Gasteiger partial charge in [-0.1, -0.05) is 166 Å². The van der Waals surface area contributed by atoms with E-state index in [2.05, 4.69) is 236 Å². The van der Waals surface area contributed by atoms with Crippen LogP contribution >= 0.6 is 0 Å². The van der Waals surface area contributed by atoms with Crippen LogP contribution in [0.4, 0.5) is 22.7 Å². The summed E-state index contributed by atoms with van der Waals surface area (Å²) in [4.78, 5) is 9.70. The molecule has 1 aliphatic heterocycles. The van der Waals surface area contributed by atoms with E-state index in [0.29, 0.717) is 11.5 Å². The first-order chi connectivity index (χ1) is 33.9. The topological polar surface area (TPSA) is 33.0 Å². The van der Waals surface area contributed by atoms with E-state index >= 15 is 0 Å². The minimum absolute atomic E-state index is 0. The number of fused-ring (bicyclic) bond motifs is 11. The molecule has 3 aromatic heterocycles. The largest absolute Gasteiger partial charge is 0.509 e. The fraction of sp³-hybridized carbons (Fsp3) is 0.0625. The maximum Gasteiger partial charge on any atom is 0.143 e. The number of benzene rings is 9. The first kappa shape index (κ1) is 43.3. The molecule has 9 aromatic carbocycles. The van der Waals surface area contributed by atoms with Crippen molar-refractivity contribution in [3.05, 3.63) is 237 Å². The quantitative estimate of drug-likeness (QED) is 0.155. The van der Waals surface area contributed by atoms with Crippen LogP contribution in [0.25, 0.3) is 82.0 Å². The number of pyridine rings is 1. The molecular weight excluding hydrogens is 1040 g/mol. The van der Waals surface area contributed by atoms with Crippen LogP contribution in [-0.2, 0) is 26.5 Å². The number of ether oxygens (including phenoxy) is 1. The third kappa shape index (κ3) is 7.15. The average molecular weight is 1080 g/mol. The molecule has 0 unspecified atom stereocenters. The molecule has 4 heterocycles. The van der Waals surface area contributed by atoms with Gasteiger partial charge in [0.2, 0.25) is 0 Å². The predicted octanol–water partition coefficient (Wildman–Crippen LogP) is 17.1. The third-order valence-electron chi connectivity index (χ3n) is 13.6. The molecule has 12 aromatic rings. The normalized spacial score (nSPS) is 12.6. The molecule has 6 heteroatoms. The summed E-state index contributed by atoms with van der Waals surface area (Å²) >= 11 is 0. The van der Waals surface area contributed by atoms with Crippen LogP contribution in [0.2, 0.25) is 0 Å². The van der Waals surface area contributed by atoms with Gasteiger partial charge >= 0.3 is 0 Å². The molecular formula is C64H45N4OPt-3. The van der Waals surface area contributed by atoms with E-state index in [1.54, 1.807) is 0 Å². The van der Waals surface area contributed by atoms with Gasteiger partial charge in [0.15, 0.2) is 0 Å². The second kappa shape index (κ2) is 17.2. The van der Waals surface area contributed by atoms with E-state index < -0.39 is 0 Å². The number of nitrogens with zero attached hydrogens (tertiary/aromatic N) is 4. The zero-order chi connectivity index (χ0) is 46.2. The van der Waals surface area contributed by atoms with E-state index in [4.69, 9.17) is 9.72 Å². The molecule has 0 spiro atoms. The third-order valence-corrected chi connectivity index (χ3v) is 13.6. The van der Waals surface area contributed by atoms with Gasteiger partial charge in [-0.05, 0) is 85.4 Å². The molecule has 0 saturated heterocycles. The summed E-state index contributed by atoms with van der Waals surface area (Å²) < 4.78 is 9.10. The van der Waals surface area contributed by atoms with Crippen LogP contribution in [0.3, 0.4) is 0 Å². The van der Waals surface area contributed by atoms with Gasteiger partial charge in [0, 0.05) is 83.2 Å². The van der Waals surface area contributed by atoms with E-state index in [0.717, 1.165) is 77.5 Å². The van der Waals surface area contributed by atoms with Gasteiger partial charge in [0.05, 0.1) is 0 Å². The minimum Gasteiger partial charge on any atom is -0.509 e. The summed E-state index contributed by atoms with van der Waals surface area (Å²) in [6, 6.07) is 80.7. The second-order valence-electron chi connectivity index (χ2n) is 18.8. The first-order valence-electron chi connectivity index (χ1n) is 23.5. The van der Waals surface area contributed by atoms with Crippen LogP contribution in [0.1, 0.15) is 26.3 Å². The molecule has 5 nitrogen and oxygen atoms in total. The van der Waals surface area contributed by atoms with E-state index in [1.807, 2.05) is 30.5 Å². The van der Waals surface area contributed by atoms with Crippen LogP contribution < -0.4 is 14.5 Å². The van der Waals surface area contributed by atoms with Gasteiger partial charge < -0.3 is 18.9 Å². The SMILES string of the molecule is CC(C)(C)c1cc(-c2ccccc2)c(N2[CH-]N(c3[c-]c(Oc4[c-]c5c(cc4)c4cccc6c7ccccc7c7ccccc7c7cccnc7n5c64)ccc3)c3ccccc32)c(-c2ccccc2)c1.[Pt]. The smallest absolute Gasteiger partial charge is 0.143 e. The molecule has 1 aliphatic rings. The van der Waals surface area contributed by atoms with Gasteiger partial charge in [0.1, 0.15) is 5.65 Å². The van der Waals surface area contributed by atoms with Crippen molar-refractivity contribution < 1.29 is 25.8 Å². The molecule has 0 radical (unpaired) electrons. The summed E-state index contributed by atoms with van der Waals surface area (Å²) in [5, 5.41) is 9.04. The number of para-hydroxylation sites is 3. The van der Waals surface area contributed by atoms with Gasteiger partial charge in [-0.15, -0.1) is 48.1 Å². The summed E-state index contributed by atoms with van der Waals surface area (Å²) in [7, 11) is 0. The Labute approximate surface area is 421 Å². The molecule has 340 valence electrons. The van der Waals surface area contributed by atoms with Gasteiger partial charge in [0.25, 0.3) is 0 Å². The molecule has 0 fully saturated rings. The standard InChI is InChI=1S/C64H45N4O.Pt/c1-64(2,3)44-37-56(42-19-6-4-7-20-42)61(57(38-44)43-21-8-5-9-22-43)67-41-66(58-32-14-15-33-59(58)67)45-23-16-24-46(39-45)69-47-34-35-52-54-30-17-29-53-50-27-12-10-25-48(50)49-26-11-13-28-51(49)55-31-18-36-65-63(55)68(62(53)54)60(52)40-47;/h4-38,41H,1-3H3;/q-3;. The average Bonchev–Trinajstić information content (AvgIpc) is 3.95. The molecule has 0 amide bonds. The van der Waals surface area contributed by atoms with Crippen LogP contribution in [0.5, 0.6) is 11.5 Å². The first-order valence-corrected chi connectivity index (χ1v) is 23.5. The molecule has 70 heavy (non-hydrogen) atoms. The Hall–Kier alpha value is -7.98. The number of rotatable bonds is 6. The van der Waals surface area contributed by atoms with Crippen molar-refractivity contribution >= 4 is 82.5 Å². The summed E-state index contributed by atoms with van der Waals surface area (Å²) in [5.74, 6) is 1.17. The number of aromatic nitrogens is 2. The summed E-state index contributed by atoms with van der Waals surface area (Å²) in [6.07, 6.45) is 1.88. The molecule has 13 rings (SSSR count). The summed E-state index contributed by atoms with van der Waals surface area (Å²) in [6.45, 7) is 9.07. The van der Waals surface area contributed by atoms with E-state index in [9.17, 15) is 0 Å². The van der Waals surface area contributed by atoms with Gasteiger partial charge in [-0.3, -0.25) is 0 Å². The van der Waals surface area contributed by atoms with Crippen LogP contribution in [0, 0.1) is 18.8 Å². The molecule has 0 bridgehead atoms. The maximum absolute atomic E-state index is 6.81. The van der Waals surface area contributed by atoms with Crippen LogP contribution in [0.15, 0.2) is 212 Å². The second-order valence-corrected chi connectivity index (χ2v) is 18.8. The number of hydrogen-bond donors (Lipinski definition) is 0. The van der Waals surface area contributed by atoms with Crippen molar-refractivity contribution in [1.29, 1.82) is 0 Å². The van der Waals surface area contributed by atoms with E-state index in [1.165, 1.54) is 32.8 Å². The molecule has 0 aliphatic carbocycles. The Morgan fingerprint density at radius 1 is 0.471 bits per heavy atom. The predicted molar refractivity (Wildman–Crippen MR) is 287 cm³/mol. The Morgan fingerprint density at radius 3 is 1.63 bits per heavy atom. The zero-order valence-corrected chi connectivity index (χ0v) is 41.1. The zero-order valence-electron chi connectivity index (χ0n) is 38.8. The Balaban J connectivity index is 0.00000505. The summed E-state index contributed by atoms with van der Waals surface area (Å²) in [5.41, 5.74) is 12.8. The monoisotopic (exact) mass is 1080 g/mol. The molecule has 0 saturated carbocycles. The van der Waals surface area contributed by atoms with Crippen molar-refractivity contribution in [3.8, 4) is 33.8 Å². The maximum atomic E-state index is 6.81. The van der Waals surface area contributed by atoms with Crippen molar-refractivity contribution in [2.75, 3.05) is 9.80 Å². The van der Waals surface area contributed by atoms with Gasteiger partial charge in [-0.2, -0.15) is 12.1 Å². The number of anilines is 4. The Morgan fingerprint density at radius 2 is 0.986 bits per heavy atom. The number of hydrogen-bond acceptors (Lipinski definition) is 4. The molecule has 0 atom stereocenters. The van der Waals surface area contributed by atoms with Crippen molar-refractivity contribution in [2.45, 2.75) is 26.2 Å². The van der Waals surface area contributed by atoms with Crippen LogP contribution in [-0.4, -0.2) is 9.38 Å². The fourth-order valence-electron chi connectivity index (χ4n) is 10.4.